The van der Waals surface area contributed by atoms with Crippen molar-refractivity contribution in [3.05, 3.63) is 42.4 Å². The van der Waals surface area contributed by atoms with Crippen LogP contribution in [0, 0.1) is 0 Å². The molecule has 0 unspecified atom stereocenters. The summed E-state index contributed by atoms with van der Waals surface area (Å²) in [5, 5.41) is 4.76. The van der Waals surface area contributed by atoms with Crippen LogP contribution in [-0.2, 0) is 29.1 Å². The van der Waals surface area contributed by atoms with Crippen LogP contribution in [-0.4, -0.2) is 77.1 Å². The number of nitrogens with zero attached hydrogens (tertiary/aromatic N) is 1. The number of furan rings is 1. The van der Waals surface area contributed by atoms with Crippen LogP contribution in [0.2, 0.25) is 0 Å². The van der Waals surface area contributed by atoms with E-state index in [1.165, 1.54) is 48.0 Å². The monoisotopic (exact) mass is 481 g/mol. The molecule has 2 heterocycles. The summed E-state index contributed by atoms with van der Waals surface area (Å²) >= 11 is 0. The number of anilines is 1. The number of carbonyl (C=O) groups is 3. The molecule has 13 heteroatoms. The van der Waals surface area contributed by atoms with Crippen molar-refractivity contribution in [2.75, 3.05) is 51.9 Å². The first kappa shape index (κ1) is 24.2. The highest BCUT2D eigenvalue weighted by Gasteiger charge is 2.27. The molecule has 0 aliphatic carbocycles. The van der Waals surface area contributed by atoms with Gasteiger partial charge in [-0.25, -0.2) is 8.42 Å². The number of benzene rings is 1. The molecule has 1 aliphatic rings. The van der Waals surface area contributed by atoms with Gasteiger partial charge in [-0.15, -0.1) is 0 Å². The van der Waals surface area contributed by atoms with Crippen molar-refractivity contribution in [1.29, 1.82) is 0 Å². The standard InChI is InChI=1S/C20H23N3O9S/c1-29-16-5-4-14(33(27,28)23-6-9-30-10-7-23)11-15(16)22-18(24)13-32-19(25)12-21-20(26)17-3-2-8-31-17/h2-5,8,11H,6-7,9-10,12-13H2,1H3,(H,21,26)(H,22,24). The smallest absolute Gasteiger partial charge is 0.325 e. The van der Waals surface area contributed by atoms with Gasteiger partial charge < -0.3 is 29.3 Å². The second-order valence-corrected chi connectivity index (χ2v) is 8.69. The van der Waals surface area contributed by atoms with Crippen LogP contribution in [0.3, 0.4) is 0 Å². The normalized spacial score (nSPS) is 14.3. The van der Waals surface area contributed by atoms with Crippen molar-refractivity contribution >= 4 is 33.5 Å². The molecule has 33 heavy (non-hydrogen) atoms. The molecule has 2 aromatic rings. The molecular weight excluding hydrogens is 458 g/mol. The van der Waals surface area contributed by atoms with Crippen LogP contribution in [0.4, 0.5) is 5.69 Å². The Morgan fingerprint density at radius 2 is 1.91 bits per heavy atom. The third-order valence-electron chi connectivity index (χ3n) is 4.56. The molecule has 0 spiro atoms. The number of carbonyl (C=O) groups excluding carboxylic acids is 3. The van der Waals surface area contributed by atoms with Gasteiger partial charge in [-0.05, 0) is 30.3 Å². The summed E-state index contributed by atoms with van der Waals surface area (Å²) < 4.78 is 47.1. The van der Waals surface area contributed by atoms with Gasteiger partial charge in [0.25, 0.3) is 11.8 Å². The van der Waals surface area contributed by atoms with Crippen molar-refractivity contribution in [2.45, 2.75) is 4.90 Å². The molecule has 0 bridgehead atoms. The van der Waals surface area contributed by atoms with E-state index in [9.17, 15) is 22.8 Å². The van der Waals surface area contributed by atoms with E-state index in [-0.39, 0.29) is 35.2 Å². The minimum absolute atomic E-state index is 0.0274. The van der Waals surface area contributed by atoms with Gasteiger partial charge in [-0.2, -0.15) is 4.31 Å². The number of morpholine rings is 1. The predicted octanol–water partition coefficient (Wildman–Crippen LogP) is 0.221. The van der Waals surface area contributed by atoms with E-state index >= 15 is 0 Å². The van der Waals surface area contributed by atoms with Crippen LogP contribution < -0.4 is 15.4 Å². The fourth-order valence-corrected chi connectivity index (χ4v) is 4.35. The molecule has 1 aliphatic heterocycles. The summed E-state index contributed by atoms with van der Waals surface area (Å²) in [7, 11) is -2.43. The van der Waals surface area contributed by atoms with Crippen LogP contribution in [0.1, 0.15) is 10.6 Å². The van der Waals surface area contributed by atoms with Crippen molar-refractivity contribution < 1.29 is 41.4 Å². The summed E-state index contributed by atoms with van der Waals surface area (Å²) in [6.07, 6.45) is 1.31. The SMILES string of the molecule is COc1ccc(S(=O)(=O)N2CCOCC2)cc1NC(=O)COC(=O)CNC(=O)c1ccco1. The lowest BCUT2D eigenvalue weighted by atomic mass is 10.3. The summed E-state index contributed by atoms with van der Waals surface area (Å²) in [6.45, 7) is -0.0774. The van der Waals surface area contributed by atoms with Crippen LogP contribution >= 0.6 is 0 Å². The fraction of sp³-hybridized carbons (Fsp3) is 0.350. The molecule has 0 saturated carbocycles. The van der Waals surface area contributed by atoms with E-state index in [0.29, 0.717) is 13.2 Å². The van der Waals surface area contributed by atoms with Gasteiger partial charge in [0, 0.05) is 13.1 Å². The largest absolute Gasteiger partial charge is 0.495 e. The molecule has 3 rings (SSSR count). The molecule has 12 nitrogen and oxygen atoms in total. The summed E-state index contributed by atoms with van der Waals surface area (Å²) in [4.78, 5) is 35.7. The third kappa shape index (κ3) is 6.31. The third-order valence-corrected chi connectivity index (χ3v) is 6.45. The number of amides is 2. The first-order valence-corrected chi connectivity index (χ1v) is 11.3. The topological polar surface area (TPSA) is 153 Å². The predicted molar refractivity (Wildman–Crippen MR) is 113 cm³/mol. The maximum absolute atomic E-state index is 12.9. The lowest BCUT2D eigenvalue weighted by molar-refractivity contribution is -0.146. The van der Waals surface area contributed by atoms with Crippen LogP contribution in [0.15, 0.2) is 45.9 Å². The van der Waals surface area contributed by atoms with E-state index in [1.54, 1.807) is 0 Å². The maximum atomic E-state index is 12.9. The van der Waals surface area contributed by atoms with Crippen molar-refractivity contribution in [3.63, 3.8) is 0 Å². The van der Waals surface area contributed by atoms with Gasteiger partial charge in [0.1, 0.15) is 12.3 Å². The number of ether oxygens (including phenoxy) is 3. The van der Waals surface area contributed by atoms with E-state index in [2.05, 4.69) is 10.6 Å². The zero-order valence-corrected chi connectivity index (χ0v) is 18.6. The average Bonchev–Trinajstić information content (AvgIpc) is 3.37. The Hall–Kier alpha value is -3.42. The highest BCUT2D eigenvalue weighted by molar-refractivity contribution is 7.89. The number of nitrogens with one attached hydrogen (secondary N) is 2. The van der Waals surface area contributed by atoms with Gasteiger partial charge in [-0.3, -0.25) is 14.4 Å². The minimum Gasteiger partial charge on any atom is -0.495 e. The molecule has 2 amide bonds. The zero-order valence-electron chi connectivity index (χ0n) is 17.7. The molecule has 1 fully saturated rings. The van der Waals surface area contributed by atoms with E-state index in [4.69, 9.17) is 18.6 Å². The fourth-order valence-electron chi connectivity index (χ4n) is 2.91. The molecule has 1 aromatic carbocycles. The Bertz CT molecular complexity index is 1090. The highest BCUT2D eigenvalue weighted by Crippen LogP contribution is 2.29. The average molecular weight is 481 g/mol. The Morgan fingerprint density at radius 3 is 2.58 bits per heavy atom. The highest BCUT2D eigenvalue weighted by atomic mass is 32.2. The van der Waals surface area contributed by atoms with Gasteiger partial charge in [-0.1, -0.05) is 0 Å². The Morgan fingerprint density at radius 1 is 1.15 bits per heavy atom. The van der Waals surface area contributed by atoms with Gasteiger partial charge in [0.05, 0.1) is 37.2 Å². The number of methoxy groups -OCH3 is 1. The molecule has 0 atom stereocenters. The van der Waals surface area contributed by atoms with E-state index in [1.807, 2.05) is 0 Å². The summed E-state index contributed by atoms with van der Waals surface area (Å²) in [6, 6.07) is 7.01. The molecule has 1 saturated heterocycles. The van der Waals surface area contributed by atoms with Crippen LogP contribution in [0.25, 0.3) is 0 Å². The van der Waals surface area contributed by atoms with Crippen molar-refractivity contribution in [1.82, 2.24) is 9.62 Å². The number of sulfonamides is 1. The molecular formula is C20H23N3O9S. The molecule has 1 aromatic heterocycles. The molecule has 2 N–H and O–H groups in total. The minimum atomic E-state index is -3.79. The van der Waals surface area contributed by atoms with Crippen molar-refractivity contribution in [2.24, 2.45) is 0 Å². The second kappa shape index (κ2) is 10.9. The van der Waals surface area contributed by atoms with Crippen LogP contribution in [0.5, 0.6) is 5.75 Å². The Balaban J connectivity index is 1.57. The first-order valence-electron chi connectivity index (χ1n) is 9.84. The number of hydrogen-bond donors (Lipinski definition) is 2. The van der Waals surface area contributed by atoms with Gasteiger partial charge in [0.15, 0.2) is 12.4 Å². The van der Waals surface area contributed by atoms with Gasteiger partial charge in [0.2, 0.25) is 10.0 Å². The number of rotatable bonds is 9. The first-order chi connectivity index (χ1) is 15.8. The van der Waals surface area contributed by atoms with Gasteiger partial charge >= 0.3 is 5.97 Å². The van der Waals surface area contributed by atoms with Crippen molar-refractivity contribution in [3.8, 4) is 5.75 Å². The summed E-state index contributed by atoms with van der Waals surface area (Å²) in [5.74, 6) is -1.93. The molecule has 0 radical (unpaired) electrons. The quantitative estimate of drug-likeness (QED) is 0.479. The zero-order chi connectivity index (χ0) is 23.8. The Kier molecular flexibility index (Phi) is 8.03. The maximum Gasteiger partial charge on any atom is 0.325 e. The van der Waals surface area contributed by atoms with E-state index in [0.717, 1.165) is 0 Å². The summed E-state index contributed by atoms with van der Waals surface area (Å²) in [5.41, 5.74) is 0.0963. The van der Waals surface area contributed by atoms with E-state index < -0.39 is 41.0 Å². The second-order valence-electron chi connectivity index (χ2n) is 6.75. The Labute approximate surface area is 189 Å². The number of esters is 1. The number of hydrogen-bond acceptors (Lipinski definition) is 9. The molecule has 178 valence electrons. The lowest BCUT2D eigenvalue weighted by Crippen LogP contribution is -2.40. The lowest BCUT2D eigenvalue weighted by Gasteiger charge is -2.26.